The van der Waals surface area contributed by atoms with Crippen LogP contribution in [0.1, 0.15) is 24.3 Å². The fourth-order valence-corrected chi connectivity index (χ4v) is 2.63. The Labute approximate surface area is 141 Å². The van der Waals surface area contributed by atoms with Crippen molar-refractivity contribution in [3.05, 3.63) is 60.3 Å². The van der Waals surface area contributed by atoms with Gasteiger partial charge in [0, 0.05) is 29.9 Å². The maximum Gasteiger partial charge on any atom is 0.276 e. The number of benzene rings is 2. The van der Waals surface area contributed by atoms with E-state index in [-0.39, 0.29) is 5.91 Å². The summed E-state index contributed by atoms with van der Waals surface area (Å²) in [5.41, 5.74) is 2.97. The standard InChI is InChI=1S/C19H20N4O/c1-3-23(4-2)16-11-9-15(10-12-16)20-19(24)18-13-14-7-5-6-8-17(14)21-22-18/h5-13H,3-4H2,1-2H3,(H,20,24). The first-order valence-electron chi connectivity index (χ1n) is 8.10. The summed E-state index contributed by atoms with van der Waals surface area (Å²) in [4.78, 5) is 14.6. The Morgan fingerprint density at radius 1 is 1.00 bits per heavy atom. The average Bonchev–Trinajstić information content (AvgIpc) is 2.63. The van der Waals surface area contributed by atoms with Crippen LogP contribution < -0.4 is 10.2 Å². The summed E-state index contributed by atoms with van der Waals surface area (Å²) in [5, 5.41) is 11.9. The number of fused-ring (bicyclic) bond motifs is 1. The second kappa shape index (κ2) is 7.08. The van der Waals surface area contributed by atoms with Crippen LogP contribution in [0.3, 0.4) is 0 Å². The Kier molecular flexibility index (Phi) is 4.70. The first-order valence-corrected chi connectivity index (χ1v) is 8.10. The van der Waals surface area contributed by atoms with Crippen LogP contribution in [0, 0.1) is 0 Å². The van der Waals surface area contributed by atoms with Crippen LogP contribution in [0.4, 0.5) is 11.4 Å². The number of hydrogen-bond acceptors (Lipinski definition) is 4. The van der Waals surface area contributed by atoms with Crippen molar-refractivity contribution in [2.24, 2.45) is 0 Å². The molecule has 1 amide bonds. The molecule has 0 bridgehead atoms. The molecule has 1 heterocycles. The number of anilines is 2. The van der Waals surface area contributed by atoms with Crippen LogP contribution >= 0.6 is 0 Å². The second-order valence-corrected chi connectivity index (χ2v) is 5.46. The molecule has 0 spiro atoms. The van der Waals surface area contributed by atoms with E-state index in [0.29, 0.717) is 5.69 Å². The minimum Gasteiger partial charge on any atom is -0.372 e. The molecule has 122 valence electrons. The monoisotopic (exact) mass is 320 g/mol. The van der Waals surface area contributed by atoms with Crippen molar-refractivity contribution in [3.63, 3.8) is 0 Å². The van der Waals surface area contributed by atoms with Gasteiger partial charge in [-0.15, -0.1) is 10.2 Å². The normalized spacial score (nSPS) is 10.6. The van der Waals surface area contributed by atoms with Gasteiger partial charge < -0.3 is 10.2 Å². The molecule has 2 aromatic carbocycles. The van der Waals surface area contributed by atoms with E-state index in [1.807, 2.05) is 48.5 Å². The topological polar surface area (TPSA) is 58.1 Å². The summed E-state index contributed by atoms with van der Waals surface area (Å²) >= 11 is 0. The van der Waals surface area contributed by atoms with Crippen molar-refractivity contribution in [2.75, 3.05) is 23.3 Å². The number of nitrogens with zero attached hydrogens (tertiary/aromatic N) is 3. The molecule has 1 N–H and O–H groups in total. The van der Waals surface area contributed by atoms with Crippen LogP contribution in [-0.2, 0) is 0 Å². The van der Waals surface area contributed by atoms with E-state index < -0.39 is 0 Å². The Morgan fingerprint density at radius 2 is 1.71 bits per heavy atom. The third kappa shape index (κ3) is 3.35. The molecule has 0 fully saturated rings. The largest absolute Gasteiger partial charge is 0.372 e. The number of hydrogen-bond donors (Lipinski definition) is 1. The van der Waals surface area contributed by atoms with Crippen LogP contribution in [0.15, 0.2) is 54.6 Å². The van der Waals surface area contributed by atoms with Crippen molar-refractivity contribution in [1.29, 1.82) is 0 Å². The van der Waals surface area contributed by atoms with Crippen molar-refractivity contribution in [1.82, 2.24) is 10.2 Å². The molecule has 0 radical (unpaired) electrons. The molecule has 0 atom stereocenters. The van der Waals surface area contributed by atoms with Crippen molar-refractivity contribution in [3.8, 4) is 0 Å². The lowest BCUT2D eigenvalue weighted by molar-refractivity contribution is 0.102. The lowest BCUT2D eigenvalue weighted by atomic mass is 10.2. The minimum absolute atomic E-state index is 0.260. The molecular weight excluding hydrogens is 300 g/mol. The van der Waals surface area contributed by atoms with Crippen molar-refractivity contribution >= 4 is 28.2 Å². The molecule has 24 heavy (non-hydrogen) atoms. The van der Waals surface area contributed by atoms with Crippen LogP contribution in [0.5, 0.6) is 0 Å². The van der Waals surface area contributed by atoms with Crippen LogP contribution in [0.25, 0.3) is 10.9 Å². The third-order valence-electron chi connectivity index (χ3n) is 3.98. The number of rotatable bonds is 5. The van der Waals surface area contributed by atoms with E-state index in [2.05, 4.69) is 34.3 Å². The lowest BCUT2D eigenvalue weighted by Crippen LogP contribution is -2.21. The fourth-order valence-electron chi connectivity index (χ4n) is 2.63. The Hall–Kier alpha value is -2.95. The van der Waals surface area contributed by atoms with Gasteiger partial charge >= 0.3 is 0 Å². The fraction of sp³-hybridized carbons (Fsp3) is 0.211. The Bertz CT molecular complexity index is 841. The van der Waals surface area contributed by atoms with Gasteiger partial charge in [-0.1, -0.05) is 18.2 Å². The van der Waals surface area contributed by atoms with Crippen molar-refractivity contribution < 1.29 is 4.79 Å². The molecule has 0 aliphatic heterocycles. The van der Waals surface area contributed by atoms with E-state index >= 15 is 0 Å². The zero-order chi connectivity index (χ0) is 16.9. The van der Waals surface area contributed by atoms with Gasteiger partial charge in [-0.3, -0.25) is 4.79 Å². The highest BCUT2D eigenvalue weighted by molar-refractivity contribution is 6.04. The summed E-state index contributed by atoms with van der Waals surface area (Å²) < 4.78 is 0. The zero-order valence-corrected chi connectivity index (χ0v) is 13.9. The highest BCUT2D eigenvalue weighted by atomic mass is 16.1. The van der Waals surface area contributed by atoms with Crippen LogP contribution in [0.2, 0.25) is 0 Å². The summed E-state index contributed by atoms with van der Waals surface area (Å²) in [6.45, 7) is 6.15. The van der Waals surface area contributed by atoms with Gasteiger partial charge in [0.25, 0.3) is 5.91 Å². The molecule has 0 aliphatic carbocycles. The molecular formula is C19H20N4O. The summed E-state index contributed by atoms with van der Waals surface area (Å²) in [7, 11) is 0. The molecule has 1 aromatic heterocycles. The quantitative estimate of drug-likeness (QED) is 0.778. The summed E-state index contributed by atoms with van der Waals surface area (Å²) in [6, 6.07) is 17.2. The minimum atomic E-state index is -0.260. The van der Waals surface area contributed by atoms with Gasteiger partial charge in [0.2, 0.25) is 0 Å². The van der Waals surface area contributed by atoms with Gasteiger partial charge in [0.1, 0.15) is 0 Å². The first-order chi connectivity index (χ1) is 11.7. The molecule has 3 rings (SSSR count). The van der Waals surface area contributed by atoms with Crippen LogP contribution in [-0.4, -0.2) is 29.2 Å². The van der Waals surface area contributed by atoms with Gasteiger partial charge in [0.05, 0.1) is 5.52 Å². The zero-order valence-electron chi connectivity index (χ0n) is 13.9. The predicted octanol–water partition coefficient (Wildman–Crippen LogP) is 3.73. The number of carbonyl (C=O) groups excluding carboxylic acids is 1. The molecule has 5 heteroatoms. The SMILES string of the molecule is CCN(CC)c1ccc(NC(=O)c2cc3ccccc3nn2)cc1. The number of amides is 1. The summed E-state index contributed by atoms with van der Waals surface area (Å²) in [6.07, 6.45) is 0. The van der Waals surface area contributed by atoms with E-state index in [4.69, 9.17) is 0 Å². The average molecular weight is 320 g/mol. The molecule has 3 aromatic rings. The highest BCUT2D eigenvalue weighted by Gasteiger charge is 2.10. The number of aromatic nitrogens is 2. The second-order valence-electron chi connectivity index (χ2n) is 5.46. The van der Waals surface area contributed by atoms with Gasteiger partial charge in [-0.25, -0.2) is 0 Å². The molecule has 5 nitrogen and oxygen atoms in total. The van der Waals surface area contributed by atoms with E-state index in [9.17, 15) is 4.79 Å². The maximum atomic E-state index is 12.4. The molecule has 0 saturated carbocycles. The highest BCUT2D eigenvalue weighted by Crippen LogP contribution is 2.18. The Balaban J connectivity index is 1.76. The Morgan fingerprint density at radius 3 is 2.42 bits per heavy atom. The van der Waals surface area contributed by atoms with E-state index in [1.165, 1.54) is 0 Å². The predicted molar refractivity (Wildman–Crippen MR) is 97.5 cm³/mol. The molecule has 0 aliphatic rings. The van der Waals surface area contributed by atoms with Gasteiger partial charge in [-0.2, -0.15) is 0 Å². The molecule has 0 unspecified atom stereocenters. The van der Waals surface area contributed by atoms with Gasteiger partial charge in [-0.05, 0) is 50.2 Å². The maximum absolute atomic E-state index is 12.4. The lowest BCUT2D eigenvalue weighted by Gasteiger charge is -2.21. The number of nitrogens with one attached hydrogen (secondary N) is 1. The van der Waals surface area contributed by atoms with E-state index in [1.54, 1.807) is 6.07 Å². The smallest absolute Gasteiger partial charge is 0.276 e. The summed E-state index contributed by atoms with van der Waals surface area (Å²) in [5.74, 6) is -0.260. The molecule has 0 saturated heterocycles. The van der Waals surface area contributed by atoms with Gasteiger partial charge in [0.15, 0.2) is 5.69 Å². The number of carbonyl (C=O) groups is 1. The first kappa shape index (κ1) is 15.9. The third-order valence-corrected chi connectivity index (χ3v) is 3.98. The van der Waals surface area contributed by atoms with E-state index in [0.717, 1.165) is 35.4 Å². The van der Waals surface area contributed by atoms with Crippen molar-refractivity contribution in [2.45, 2.75) is 13.8 Å².